The van der Waals surface area contributed by atoms with Gasteiger partial charge in [0.1, 0.15) is 0 Å². The predicted octanol–water partition coefficient (Wildman–Crippen LogP) is 2.40. The van der Waals surface area contributed by atoms with Gasteiger partial charge in [0, 0.05) is 12.6 Å². The van der Waals surface area contributed by atoms with Crippen molar-refractivity contribution in [3.05, 3.63) is 76.5 Å². The number of amides is 1. The van der Waals surface area contributed by atoms with Gasteiger partial charge in [0.15, 0.2) is 12.4 Å². The summed E-state index contributed by atoms with van der Waals surface area (Å²) in [5.74, 6) is -0.726. The maximum atomic E-state index is 12.4. The second-order valence-electron chi connectivity index (χ2n) is 6.44. The summed E-state index contributed by atoms with van der Waals surface area (Å²) in [5.41, 5.74) is 3.49. The third-order valence-electron chi connectivity index (χ3n) is 4.16. The van der Waals surface area contributed by atoms with Crippen LogP contribution in [0.4, 0.5) is 0 Å². The molecule has 0 aliphatic heterocycles. The molecule has 0 fully saturated rings. The van der Waals surface area contributed by atoms with Crippen molar-refractivity contribution < 1.29 is 14.3 Å². The van der Waals surface area contributed by atoms with Crippen LogP contribution in [0.15, 0.2) is 53.6 Å². The molecule has 8 nitrogen and oxygen atoms in total. The van der Waals surface area contributed by atoms with Crippen molar-refractivity contribution in [2.75, 3.05) is 13.7 Å². The van der Waals surface area contributed by atoms with Gasteiger partial charge in [-0.1, -0.05) is 64.4 Å². The van der Waals surface area contributed by atoms with Crippen LogP contribution in [0.25, 0.3) is 0 Å². The molecule has 0 atom stereocenters. The largest absolute Gasteiger partial charge is 0.466 e. The van der Waals surface area contributed by atoms with Gasteiger partial charge in [-0.25, -0.2) is 0 Å². The Kier molecular flexibility index (Phi) is 6.13. The molecule has 0 unspecified atom stereocenters. The van der Waals surface area contributed by atoms with Crippen molar-refractivity contribution in [3.63, 3.8) is 0 Å². The van der Waals surface area contributed by atoms with Gasteiger partial charge in [-0.2, -0.15) is 5.10 Å². The maximum absolute atomic E-state index is 12.4. The second-order valence-corrected chi connectivity index (χ2v) is 6.44. The first-order chi connectivity index (χ1) is 14.0. The first-order valence-corrected chi connectivity index (χ1v) is 8.99. The van der Waals surface area contributed by atoms with Crippen molar-refractivity contribution in [2.24, 2.45) is 5.10 Å². The number of benzene rings is 2. The Morgan fingerprint density at radius 2 is 1.69 bits per heavy atom. The molecular weight excluding hydrogens is 370 g/mol. The first kappa shape index (κ1) is 19.9. The van der Waals surface area contributed by atoms with Crippen LogP contribution in [0.2, 0.25) is 0 Å². The van der Waals surface area contributed by atoms with Crippen LogP contribution in [-0.4, -0.2) is 46.7 Å². The van der Waals surface area contributed by atoms with E-state index in [1.165, 1.54) is 7.05 Å². The van der Waals surface area contributed by atoms with E-state index in [1.807, 2.05) is 50.2 Å². The number of Topliss-reactive ketones (excluding diaryl/α,β-unsaturated/α-hetero) is 1. The number of hydrogen-bond acceptors (Lipinski definition) is 6. The molecule has 0 bridgehead atoms. The Labute approximate surface area is 168 Å². The Morgan fingerprint density at radius 3 is 2.31 bits per heavy atom. The molecule has 0 radical (unpaired) electrons. The molecule has 3 aromatic rings. The van der Waals surface area contributed by atoms with Crippen molar-refractivity contribution in [3.8, 4) is 5.88 Å². The van der Waals surface area contributed by atoms with E-state index in [1.54, 1.807) is 18.3 Å². The second kappa shape index (κ2) is 8.92. The van der Waals surface area contributed by atoms with Crippen LogP contribution in [-0.2, 0) is 0 Å². The van der Waals surface area contributed by atoms with Gasteiger partial charge >= 0.3 is 0 Å². The monoisotopic (exact) mass is 391 g/mol. The van der Waals surface area contributed by atoms with Crippen LogP contribution in [0.5, 0.6) is 5.88 Å². The van der Waals surface area contributed by atoms with E-state index in [2.05, 4.69) is 20.7 Å². The third kappa shape index (κ3) is 4.92. The van der Waals surface area contributed by atoms with Crippen LogP contribution in [0.1, 0.15) is 37.5 Å². The van der Waals surface area contributed by atoms with Gasteiger partial charge in [-0.15, -0.1) is 5.10 Å². The molecule has 8 heteroatoms. The third-order valence-corrected chi connectivity index (χ3v) is 4.16. The number of aryl methyl sites for hydroxylation is 2. The topological polar surface area (TPSA) is 98.5 Å². The molecule has 0 aliphatic rings. The minimum Gasteiger partial charge on any atom is -0.466 e. The number of hydrogen-bond donors (Lipinski definition) is 1. The quantitative estimate of drug-likeness (QED) is 0.493. The highest BCUT2D eigenvalue weighted by Gasteiger charge is 2.21. The summed E-state index contributed by atoms with van der Waals surface area (Å²) in [6, 6.07) is 14.9. The number of carbonyl (C=O) groups is 2. The number of ketones is 1. The zero-order chi connectivity index (χ0) is 20.8. The zero-order valence-electron chi connectivity index (χ0n) is 16.4. The number of carbonyl (C=O) groups excluding carboxylic acids is 2. The minimum atomic E-state index is -0.487. The molecule has 1 amide bonds. The molecular formula is C21H21N5O3. The van der Waals surface area contributed by atoms with Gasteiger partial charge in [0.25, 0.3) is 11.8 Å². The van der Waals surface area contributed by atoms with Crippen LogP contribution < -0.4 is 10.1 Å². The van der Waals surface area contributed by atoms with E-state index in [0.717, 1.165) is 21.5 Å². The molecule has 2 aromatic carbocycles. The van der Waals surface area contributed by atoms with Gasteiger partial charge in [-0.05, 0) is 24.6 Å². The summed E-state index contributed by atoms with van der Waals surface area (Å²) in [7, 11) is 1.47. The molecule has 0 spiro atoms. The standard InChI is InChI=1S/C21H21N5O3/c1-14-4-8-16(9-5-14)12-23-26-21(19(24-25-26)20(28)22-3)29-13-18(27)17-10-6-15(2)7-11-17/h4-12H,13H2,1-3H3,(H,22,28)/b23-12+. The number of ether oxygens (including phenoxy) is 1. The lowest BCUT2D eigenvalue weighted by molar-refractivity contribution is 0.0898. The SMILES string of the molecule is CNC(=O)c1nnn(/N=C/c2ccc(C)cc2)c1OCC(=O)c1ccc(C)cc1. The van der Waals surface area contributed by atoms with Gasteiger partial charge in [0.2, 0.25) is 5.69 Å². The van der Waals surface area contributed by atoms with E-state index in [9.17, 15) is 9.59 Å². The summed E-state index contributed by atoms with van der Waals surface area (Å²) in [6.45, 7) is 3.65. The highest BCUT2D eigenvalue weighted by atomic mass is 16.5. The van der Waals surface area contributed by atoms with E-state index >= 15 is 0 Å². The Morgan fingerprint density at radius 1 is 1.07 bits per heavy atom. The highest BCUT2D eigenvalue weighted by Crippen LogP contribution is 2.16. The molecule has 0 saturated carbocycles. The predicted molar refractivity (Wildman–Crippen MR) is 109 cm³/mol. The lowest BCUT2D eigenvalue weighted by Gasteiger charge is -2.07. The number of nitrogens with one attached hydrogen (secondary N) is 1. The van der Waals surface area contributed by atoms with E-state index in [-0.39, 0.29) is 24.0 Å². The van der Waals surface area contributed by atoms with Crippen molar-refractivity contribution >= 4 is 17.9 Å². The smallest absolute Gasteiger partial charge is 0.277 e. The maximum Gasteiger partial charge on any atom is 0.277 e. The molecule has 1 heterocycles. The van der Waals surface area contributed by atoms with Crippen molar-refractivity contribution in [2.45, 2.75) is 13.8 Å². The molecule has 0 saturated heterocycles. The van der Waals surface area contributed by atoms with Gasteiger partial charge in [0.05, 0.1) is 6.21 Å². The minimum absolute atomic E-state index is 0.00632. The average Bonchev–Trinajstić information content (AvgIpc) is 3.14. The normalized spacial score (nSPS) is 10.9. The summed E-state index contributed by atoms with van der Waals surface area (Å²) >= 11 is 0. The summed E-state index contributed by atoms with van der Waals surface area (Å²) in [5, 5.41) is 14.4. The van der Waals surface area contributed by atoms with Crippen molar-refractivity contribution in [1.29, 1.82) is 0 Å². The lowest BCUT2D eigenvalue weighted by atomic mass is 10.1. The van der Waals surface area contributed by atoms with E-state index in [0.29, 0.717) is 5.56 Å². The van der Waals surface area contributed by atoms with Crippen LogP contribution in [0, 0.1) is 13.8 Å². The fourth-order valence-electron chi connectivity index (χ4n) is 2.46. The molecule has 1 aromatic heterocycles. The van der Waals surface area contributed by atoms with Gasteiger partial charge in [-0.3, -0.25) is 9.59 Å². The molecule has 148 valence electrons. The first-order valence-electron chi connectivity index (χ1n) is 8.99. The van der Waals surface area contributed by atoms with E-state index < -0.39 is 5.91 Å². The molecule has 0 aliphatic carbocycles. The zero-order valence-corrected chi connectivity index (χ0v) is 16.4. The Bertz CT molecular complexity index is 1040. The van der Waals surface area contributed by atoms with Crippen molar-refractivity contribution in [1.82, 2.24) is 20.4 Å². The number of aromatic nitrogens is 3. The molecule has 3 rings (SSSR count). The number of nitrogens with zero attached hydrogens (tertiary/aromatic N) is 4. The summed E-state index contributed by atoms with van der Waals surface area (Å²) in [4.78, 5) is 25.6. The Hall–Kier alpha value is -3.81. The number of rotatable bonds is 7. The van der Waals surface area contributed by atoms with E-state index in [4.69, 9.17) is 4.74 Å². The highest BCUT2D eigenvalue weighted by molar-refractivity contribution is 5.98. The average molecular weight is 391 g/mol. The fourth-order valence-corrected chi connectivity index (χ4v) is 2.46. The molecule has 29 heavy (non-hydrogen) atoms. The Balaban J connectivity index is 1.82. The summed E-state index contributed by atoms with van der Waals surface area (Å²) in [6.07, 6.45) is 1.57. The van der Waals surface area contributed by atoms with Crippen LogP contribution >= 0.6 is 0 Å². The molecule has 1 N–H and O–H groups in total. The van der Waals surface area contributed by atoms with Crippen LogP contribution in [0.3, 0.4) is 0 Å². The summed E-state index contributed by atoms with van der Waals surface area (Å²) < 4.78 is 5.60. The fraction of sp³-hybridized carbons (Fsp3) is 0.190. The lowest BCUT2D eigenvalue weighted by Crippen LogP contribution is -2.21. The van der Waals surface area contributed by atoms with Gasteiger partial charge < -0.3 is 10.1 Å².